The van der Waals surface area contributed by atoms with Gasteiger partial charge in [0, 0.05) is 7.11 Å². The van der Waals surface area contributed by atoms with Crippen LogP contribution in [0, 0.1) is 0 Å². The van der Waals surface area contributed by atoms with Crippen LogP contribution in [-0.2, 0) is 9.53 Å². The van der Waals surface area contributed by atoms with Gasteiger partial charge in [0.15, 0.2) is 6.61 Å². The molecule has 0 aliphatic rings. The van der Waals surface area contributed by atoms with Crippen molar-refractivity contribution < 1.29 is 23.4 Å². The van der Waals surface area contributed by atoms with Gasteiger partial charge in [-0.1, -0.05) is 0 Å². The van der Waals surface area contributed by atoms with Gasteiger partial charge < -0.3 is 23.9 Å². The minimum Gasteiger partial charge on any atom is -0.497 e. The lowest BCUT2D eigenvalue weighted by Gasteiger charge is -2.14. The van der Waals surface area contributed by atoms with Crippen molar-refractivity contribution in [3.8, 4) is 11.5 Å². The maximum Gasteiger partial charge on any atom is 0.258 e. The van der Waals surface area contributed by atoms with Crippen LogP contribution in [0.25, 0.3) is 0 Å². The maximum atomic E-state index is 11.8. The molecule has 0 spiro atoms. The van der Waals surface area contributed by atoms with Crippen molar-refractivity contribution in [2.75, 3.05) is 27.4 Å². The van der Waals surface area contributed by atoms with E-state index in [1.54, 1.807) is 56.9 Å². The lowest BCUT2D eigenvalue weighted by Crippen LogP contribution is -2.32. The van der Waals surface area contributed by atoms with Crippen molar-refractivity contribution in [3.63, 3.8) is 0 Å². The first-order valence-corrected chi connectivity index (χ1v) is 6.82. The second-order valence-electron chi connectivity index (χ2n) is 4.51. The molecule has 0 fully saturated rings. The van der Waals surface area contributed by atoms with Crippen molar-refractivity contribution in [1.29, 1.82) is 0 Å². The Morgan fingerprint density at radius 1 is 1.18 bits per heavy atom. The van der Waals surface area contributed by atoms with Crippen molar-refractivity contribution in [1.82, 2.24) is 5.32 Å². The zero-order valence-corrected chi connectivity index (χ0v) is 12.6. The fourth-order valence-electron chi connectivity index (χ4n) is 1.85. The van der Waals surface area contributed by atoms with Crippen LogP contribution in [0.5, 0.6) is 11.5 Å². The lowest BCUT2D eigenvalue weighted by molar-refractivity contribution is -0.123. The summed E-state index contributed by atoms with van der Waals surface area (Å²) in [5.41, 5.74) is 0. The van der Waals surface area contributed by atoms with Gasteiger partial charge in [-0.05, 0) is 36.4 Å². The van der Waals surface area contributed by atoms with Gasteiger partial charge in [0.2, 0.25) is 0 Å². The van der Waals surface area contributed by atoms with Gasteiger partial charge in [0.25, 0.3) is 5.91 Å². The van der Waals surface area contributed by atoms with Gasteiger partial charge in [0.05, 0.1) is 19.9 Å². The van der Waals surface area contributed by atoms with E-state index in [0.29, 0.717) is 18.1 Å². The van der Waals surface area contributed by atoms with E-state index in [4.69, 9.17) is 18.6 Å². The minimum absolute atomic E-state index is 0.0685. The van der Waals surface area contributed by atoms with E-state index in [9.17, 15) is 4.79 Å². The highest BCUT2D eigenvalue weighted by molar-refractivity contribution is 5.77. The van der Waals surface area contributed by atoms with Crippen molar-refractivity contribution >= 4 is 5.91 Å². The second kappa shape index (κ2) is 8.09. The molecular weight excluding hydrogens is 286 g/mol. The SMILES string of the molecule is COc1ccc(OCC(=O)NCC(OC)c2ccco2)cc1. The molecule has 2 aromatic rings. The van der Waals surface area contributed by atoms with E-state index < -0.39 is 0 Å². The highest BCUT2D eigenvalue weighted by atomic mass is 16.5. The van der Waals surface area contributed by atoms with Crippen LogP contribution >= 0.6 is 0 Å². The zero-order chi connectivity index (χ0) is 15.8. The molecule has 6 nitrogen and oxygen atoms in total. The Morgan fingerprint density at radius 3 is 2.50 bits per heavy atom. The summed E-state index contributed by atoms with van der Waals surface area (Å²) in [6.07, 6.45) is 1.25. The molecule has 0 aliphatic carbocycles. The van der Waals surface area contributed by atoms with E-state index in [-0.39, 0.29) is 18.6 Å². The van der Waals surface area contributed by atoms with Crippen LogP contribution in [0.1, 0.15) is 11.9 Å². The summed E-state index contributed by atoms with van der Waals surface area (Å²) in [6, 6.07) is 10.6. The highest BCUT2D eigenvalue weighted by Crippen LogP contribution is 2.17. The summed E-state index contributed by atoms with van der Waals surface area (Å²) in [5, 5.41) is 2.74. The first-order valence-electron chi connectivity index (χ1n) is 6.82. The van der Waals surface area contributed by atoms with Crippen LogP contribution in [0.2, 0.25) is 0 Å². The summed E-state index contributed by atoms with van der Waals surface area (Å²) >= 11 is 0. The van der Waals surface area contributed by atoms with Crippen LogP contribution in [0.4, 0.5) is 0 Å². The molecule has 1 heterocycles. The van der Waals surface area contributed by atoms with Crippen molar-refractivity contribution in [2.45, 2.75) is 6.10 Å². The molecule has 0 radical (unpaired) electrons. The monoisotopic (exact) mass is 305 g/mol. The molecule has 0 bridgehead atoms. The Balaban J connectivity index is 1.75. The molecule has 22 heavy (non-hydrogen) atoms. The van der Waals surface area contributed by atoms with Crippen molar-refractivity contribution in [3.05, 3.63) is 48.4 Å². The van der Waals surface area contributed by atoms with Gasteiger partial charge in [-0.25, -0.2) is 0 Å². The molecule has 1 N–H and O–H groups in total. The van der Waals surface area contributed by atoms with Crippen LogP contribution < -0.4 is 14.8 Å². The van der Waals surface area contributed by atoms with E-state index in [1.807, 2.05) is 0 Å². The largest absolute Gasteiger partial charge is 0.497 e. The van der Waals surface area contributed by atoms with Crippen molar-refractivity contribution in [2.24, 2.45) is 0 Å². The molecule has 1 aromatic heterocycles. The molecule has 1 amide bonds. The van der Waals surface area contributed by atoms with E-state index in [1.165, 1.54) is 0 Å². The first kappa shape index (κ1) is 15.9. The third kappa shape index (κ3) is 4.53. The number of benzene rings is 1. The number of carbonyl (C=O) groups excluding carboxylic acids is 1. The molecular formula is C16H19NO5. The predicted molar refractivity (Wildman–Crippen MR) is 80.0 cm³/mol. The minimum atomic E-state index is -0.320. The zero-order valence-electron chi connectivity index (χ0n) is 12.6. The van der Waals surface area contributed by atoms with Crippen LogP contribution in [-0.4, -0.2) is 33.3 Å². The Labute approximate surface area is 129 Å². The van der Waals surface area contributed by atoms with Gasteiger partial charge >= 0.3 is 0 Å². The number of rotatable bonds is 8. The average Bonchev–Trinajstić information content (AvgIpc) is 3.08. The number of carbonyl (C=O) groups is 1. The van der Waals surface area contributed by atoms with E-state index in [0.717, 1.165) is 5.75 Å². The number of amides is 1. The van der Waals surface area contributed by atoms with Gasteiger partial charge in [-0.15, -0.1) is 0 Å². The topological polar surface area (TPSA) is 69.9 Å². The molecule has 1 aromatic carbocycles. The van der Waals surface area contributed by atoms with Gasteiger partial charge in [-0.3, -0.25) is 4.79 Å². The second-order valence-corrected chi connectivity index (χ2v) is 4.51. The summed E-state index contributed by atoms with van der Waals surface area (Å²) in [4.78, 5) is 11.8. The Bertz CT molecular complexity index is 565. The summed E-state index contributed by atoms with van der Waals surface area (Å²) < 4.78 is 21.0. The lowest BCUT2D eigenvalue weighted by atomic mass is 10.2. The number of nitrogens with one attached hydrogen (secondary N) is 1. The van der Waals surface area contributed by atoms with E-state index >= 15 is 0 Å². The third-order valence-electron chi connectivity index (χ3n) is 3.06. The highest BCUT2D eigenvalue weighted by Gasteiger charge is 2.14. The number of furan rings is 1. The molecule has 2 rings (SSSR count). The Morgan fingerprint density at radius 2 is 1.91 bits per heavy atom. The Kier molecular flexibility index (Phi) is 5.85. The third-order valence-corrected chi connectivity index (χ3v) is 3.06. The fourth-order valence-corrected chi connectivity index (χ4v) is 1.85. The number of methoxy groups -OCH3 is 2. The molecule has 0 saturated carbocycles. The number of hydrogen-bond acceptors (Lipinski definition) is 5. The van der Waals surface area contributed by atoms with Crippen LogP contribution in [0.15, 0.2) is 47.1 Å². The van der Waals surface area contributed by atoms with Gasteiger partial charge in [0.1, 0.15) is 23.4 Å². The maximum absolute atomic E-state index is 11.8. The molecule has 1 atom stereocenters. The van der Waals surface area contributed by atoms with E-state index in [2.05, 4.69) is 5.32 Å². The summed E-state index contributed by atoms with van der Waals surface area (Å²) in [6.45, 7) is 0.246. The Hall–Kier alpha value is -2.47. The number of hydrogen-bond donors (Lipinski definition) is 1. The standard InChI is InChI=1S/C16H19NO5/c1-19-12-5-7-13(8-6-12)22-11-16(18)17-10-15(20-2)14-4-3-9-21-14/h3-9,15H,10-11H2,1-2H3,(H,17,18). The quantitative estimate of drug-likeness (QED) is 0.809. The average molecular weight is 305 g/mol. The molecule has 1 unspecified atom stereocenters. The molecule has 6 heteroatoms. The summed E-state index contributed by atoms with van der Waals surface area (Å²) in [7, 11) is 3.15. The molecule has 118 valence electrons. The predicted octanol–water partition coefficient (Wildman–Crippen LogP) is 2.17. The fraction of sp³-hybridized carbons (Fsp3) is 0.312. The van der Waals surface area contributed by atoms with Gasteiger partial charge in [-0.2, -0.15) is 0 Å². The van der Waals surface area contributed by atoms with Crippen LogP contribution in [0.3, 0.4) is 0 Å². The smallest absolute Gasteiger partial charge is 0.258 e. The molecule has 0 saturated heterocycles. The first-order chi connectivity index (χ1) is 10.7. The number of ether oxygens (including phenoxy) is 3. The molecule has 0 aliphatic heterocycles. The summed E-state index contributed by atoms with van der Waals surface area (Å²) in [5.74, 6) is 1.77. The normalized spacial score (nSPS) is 11.7.